The fraction of sp³-hybridized carbons (Fsp3) is 0.962. The number of carbonyl (C=O) groups is 1. The van der Waals surface area contributed by atoms with Crippen molar-refractivity contribution < 1.29 is 20.1 Å². The Hall–Kier alpha value is -0.610. The van der Waals surface area contributed by atoms with Gasteiger partial charge in [0.05, 0.1) is 12.2 Å². The van der Waals surface area contributed by atoms with Crippen LogP contribution in [-0.2, 0) is 4.79 Å². The molecule has 3 rings (SSSR count). The molecule has 3 fully saturated rings. The van der Waals surface area contributed by atoms with E-state index in [9.17, 15) is 15.0 Å². The Bertz CT molecular complexity index is 563. The zero-order valence-electron chi connectivity index (χ0n) is 19.6. The second kappa shape index (κ2) is 10.3. The highest BCUT2D eigenvalue weighted by Crippen LogP contribution is 2.62. The number of fused-ring (bicyclic) bond motifs is 1. The zero-order valence-corrected chi connectivity index (χ0v) is 19.6. The quantitative estimate of drug-likeness (QED) is 0.449. The molecule has 0 heterocycles. The van der Waals surface area contributed by atoms with Crippen LogP contribution < -0.4 is 0 Å². The summed E-state index contributed by atoms with van der Waals surface area (Å²) in [6, 6.07) is 0. The fourth-order valence-corrected chi connectivity index (χ4v) is 8.02. The minimum Gasteiger partial charge on any atom is -0.481 e. The molecule has 174 valence electrons. The highest BCUT2D eigenvalue weighted by atomic mass is 16.4. The van der Waals surface area contributed by atoms with Gasteiger partial charge in [0.2, 0.25) is 0 Å². The van der Waals surface area contributed by atoms with E-state index in [2.05, 4.69) is 20.8 Å². The van der Waals surface area contributed by atoms with Gasteiger partial charge in [-0.25, -0.2) is 0 Å². The van der Waals surface area contributed by atoms with Gasteiger partial charge >= 0.3 is 5.97 Å². The summed E-state index contributed by atoms with van der Waals surface area (Å²) in [5, 5.41) is 31.1. The molecule has 4 nitrogen and oxygen atoms in total. The summed E-state index contributed by atoms with van der Waals surface area (Å²) in [5.41, 5.74) is 0.236. The molecule has 0 aromatic carbocycles. The van der Waals surface area contributed by atoms with E-state index in [-0.39, 0.29) is 24.0 Å². The van der Waals surface area contributed by atoms with Crippen molar-refractivity contribution in [2.45, 2.75) is 116 Å². The van der Waals surface area contributed by atoms with E-state index in [1.165, 1.54) is 38.5 Å². The van der Waals surface area contributed by atoms with E-state index >= 15 is 0 Å². The molecule has 0 saturated heterocycles. The number of carboxylic acids is 1. The van der Waals surface area contributed by atoms with Gasteiger partial charge in [-0.2, -0.15) is 0 Å². The van der Waals surface area contributed by atoms with E-state index < -0.39 is 5.97 Å². The Morgan fingerprint density at radius 1 is 1.03 bits per heavy atom. The second-order valence-corrected chi connectivity index (χ2v) is 11.2. The monoisotopic (exact) mass is 422 g/mol. The molecule has 9 atom stereocenters. The van der Waals surface area contributed by atoms with Gasteiger partial charge in [0, 0.05) is 6.42 Å². The van der Waals surface area contributed by atoms with Gasteiger partial charge in [-0.15, -0.1) is 0 Å². The molecule has 0 amide bonds. The SMILES string of the molecule is CCCCC1C(C2CC[C@H](CCCC(=O)O)C2)[C@H](O)[C@H](CC)C2C[C@H](O)CC[C@]12C. The molecule has 0 aliphatic heterocycles. The first kappa shape index (κ1) is 24.0. The van der Waals surface area contributed by atoms with Gasteiger partial charge in [0.25, 0.3) is 0 Å². The average Bonchev–Trinajstić information content (AvgIpc) is 3.15. The van der Waals surface area contributed by atoms with Gasteiger partial charge in [0.15, 0.2) is 0 Å². The Kier molecular flexibility index (Phi) is 8.28. The molecule has 3 aliphatic rings. The van der Waals surface area contributed by atoms with E-state index in [1.54, 1.807) is 0 Å². The van der Waals surface area contributed by atoms with Crippen molar-refractivity contribution in [3.63, 3.8) is 0 Å². The van der Waals surface area contributed by atoms with Crippen LogP contribution in [0.25, 0.3) is 0 Å². The third-order valence-electron chi connectivity index (χ3n) is 9.52. The molecule has 0 radical (unpaired) electrons. The van der Waals surface area contributed by atoms with Crippen molar-refractivity contribution in [1.82, 2.24) is 0 Å². The summed E-state index contributed by atoms with van der Waals surface area (Å²) in [7, 11) is 0. The molecular weight excluding hydrogens is 376 g/mol. The maximum absolute atomic E-state index is 11.7. The van der Waals surface area contributed by atoms with Crippen molar-refractivity contribution in [3.05, 3.63) is 0 Å². The summed E-state index contributed by atoms with van der Waals surface area (Å²) in [6.07, 6.45) is 12.7. The van der Waals surface area contributed by atoms with Crippen LogP contribution >= 0.6 is 0 Å². The first-order valence-corrected chi connectivity index (χ1v) is 12.9. The van der Waals surface area contributed by atoms with Crippen molar-refractivity contribution >= 4 is 5.97 Å². The first-order valence-electron chi connectivity index (χ1n) is 12.9. The molecule has 0 aromatic heterocycles. The smallest absolute Gasteiger partial charge is 0.303 e. The molecule has 0 bridgehead atoms. The van der Waals surface area contributed by atoms with Crippen molar-refractivity contribution in [2.75, 3.05) is 0 Å². The van der Waals surface area contributed by atoms with Gasteiger partial charge in [-0.3, -0.25) is 4.79 Å². The van der Waals surface area contributed by atoms with Crippen LogP contribution in [0, 0.1) is 40.9 Å². The Morgan fingerprint density at radius 2 is 1.80 bits per heavy atom. The number of carboxylic acid groups (broad SMARTS) is 1. The van der Waals surface area contributed by atoms with E-state index in [1.807, 2.05) is 0 Å². The summed E-state index contributed by atoms with van der Waals surface area (Å²) in [5.74, 6) is 2.20. The second-order valence-electron chi connectivity index (χ2n) is 11.2. The fourth-order valence-electron chi connectivity index (χ4n) is 8.02. The minimum atomic E-state index is -0.684. The predicted molar refractivity (Wildman–Crippen MR) is 120 cm³/mol. The summed E-state index contributed by atoms with van der Waals surface area (Å²) in [6.45, 7) is 6.98. The highest BCUT2D eigenvalue weighted by molar-refractivity contribution is 5.66. The largest absolute Gasteiger partial charge is 0.481 e. The van der Waals surface area contributed by atoms with Gasteiger partial charge in [-0.05, 0) is 92.3 Å². The van der Waals surface area contributed by atoms with Gasteiger partial charge in [0.1, 0.15) is 0 Å². The van der Waals surface area contributed by atoms with Crippen LogP contribution in [-0.4, -0.2) is 33.5 Å². The van der Waals surface area contributed by atoms with Crippen molar-refractivity contribution in [2.24, 2.45) is 40.9 Å². The summed E-state index contributed by atoms with van der Waals surface area (Å²) in [4.78, 5) is 10.9. The number of aliphatic hydroxyl groups excluding tert-OH is 2. The zero-order chi connectivity index (χ0) is 21.9. The van der Waals surface area contributed by atoms with E-state index in [0.29, 0.717) is 35.5 Å². The third kappa shape index (κ3) is 4.90. The molecule has 4 heteroatoms. The number of aliphatic hydroxyl groups is 2. The normalized spacial score (nSPS) is 44.0. The number of aliphatic carboxylic acids is 1. The molecule has 3 N–H and O–H groups in total. The van der Waals surface area contributed by atoms with Gasteiger partial charge in [-0.1, -0.05) is 46.5 Å². The third-order valence-corrected chi connectivity index (χ3v) is 9.52. The average molecular weight is 423 g/mol. The maximum Gasteiger partial charge on any atom is 0.303 e. The topological polar surface area (TPSA) is 77.8 Å². The number of rotatable bonds is 9. The predicted octanol–water partition coefficient (Wildman–Crippen LogP) is 5.65. The summed E-state index contributed by atoms with van der Waals surface area (Å²) < 4.78 is 0. The molecule has 0 aromatic rings. The molecule has 3 aliphatic carbocycles. The first-order chi connectivity index (χ1) is 14.3. The van der Waals surface area contributed by atoms with Crippen LogP contribution in [0.5, 0.6) is 0 Å². The standard InChI is InChI=1S/C26H46O4/c1-4-6-9-21-24(18-12-11-17(15-18)8-7-10-23(28)29)25(30)20(5-2)22-16-19(27)13-14-26(21,22)3/h17-22,24-25,27,30H,4-16H2,1-3H3,(H,28,29)/t17-,18?,19+,20+,21?,22?,24?,25+,26+/m0/s1. The Morgan fingerprint density at radius 3 is 2.47 bits per heavy atom. The summed E-state index contributed by atoms with van der Waals surface area (Å²) >= 11 is 0. The van der Waals surface area contributed by atoms with Crippen LogP contribution in [0.1, 0.15) is 104 Å². The van der Waals surface area contributed by atoms with Crippen LogP contribution in [0.4, 0.5) is 0 Å². The molecule has 30 heavy (non-hydrogen) atoms. The van der Waals surface area contributed by atoms with Crippen molar-refractivity contribution in [3.8, 4) is 0 Å². The Labute approximate surface area is 183 Å². The number of hydrogen-bond acceptors (Lipinski definition) is 3. The van der Waals surface area contributed by atoms with E-state index in [0.717, 1.165) is 38.5 Å². The lowest BCUT2D eigenvalue weighted by Gasteiger charge is -2.61. The Balaban J connectivity index is 1.79. The van der Waals surface area contributed by atoms with Crippen molar-refractivity contribution in [1.29, 1.82) is 0 Å². The van der Waals surface area contributed by atoms with Crippen LogP contribution in [0.2, 0.25) is 0 Å². The maximum atomic E-state index is 11.7. The van der Waals surface area contributed by atoms with Gasteiger partial charge < -0.3 is 15.3 Å². The lowest BCUT2D eigenvalue weighted by atomic mass is 9.45. The molecule has 4 unspecified atom stereocenters. The lowest BCUT2D eigenvalue weighted by Crippen LogP contribution is -2.58. The molecular formula is C26H46O4. The highest BCUT2D eigenvalue weighted by Gasteiger charge is 2.58. The lowest BCUT2D eigenvalue weighted by molar-refractivity contribution is -0.174. The molecule has 3 saturated carbocycles. The molecule has 0 spiro atoms. The number of unbranched alkanes of at least 4 members (excludes halogenated alkanes) is 1. The minimum absolute atomic E-state index is 0.196. The van der Waals surface area contributed by atoms with E-state index in [4.69, 9.17) is 5.11 Å². The van der Waals surface area contributed by atoms with Crippen LogP contribution in [0.15, 0.2) is 0 Å². The number of hydrogen-bond donors (Lipinski definition) is 3. The van der Waals surface area contributed by atoms with Crippen LogP contribution in [0.3, 0.4) is 0 Å².